The van der Waals surface area contributed by atoms with E-state index in [1.54, 1.807) is 18.6 Å². The Morgan fingerprint density at radius 1 is 1.37 bits per heavy atom. The predicted octanol–water partition coefficient (Wildman–Crippen LogP) is 0.506. The minimum absolute atomic E-state index is 0.0658. The molecule has 8 heteroatoms. The molecule has 0 aromatic heterocycles. The van der Waals surface area contributed by atoms with Crippen molar-refractivity contribution in [3.63, 3.8) is 0 Å². The summed E-state index contributed by atoms with van der Waals surface area (Å²) in [6, 6.07) is -0.344. The van der Waals surface area contributed by atoms with Crippen LogP contribution in [0.2, 0.25) is 0 Å². The molecule has 0 saturated heterocycles. The van der Waals surface area contributed by atoms with Crippen molar-refractivity contribution in [3.8, 4) is 0 Å². The Morgan fingerprint density at radius 2 is 2.00 bits per heavy atom. The van der Waals surface area contributed by atoms with Crippen LogP contribution in [0.25, 0.3) is 0 Å². The van der Waals surface area contributed by atoms with Crippen LogP contribution in [0.3, 0.4) is 0 Å². The van der Waals surface area contributed by atoms with E-state index in [9.17, 15) is 18.3 Å². The molecule has 0 bridgehead atoms. The number of carbonyl (C=O) groups is 1. The third kappa shape index (κ3) is 5.75. The van der Waals surface area contributed by atoms with Crippen LogP contribution < -0.4 is 9.44 Å². The fourth-order valence-corrected chi connectivity index (χ4v) is 3.19. The first kappa shape index (κ1) is 16.2. The van der Waals surface area contributed by atoms with Crippen LogP contribution in [0.15, 0.2) is 0 Å². The molecule has 0 spiro atoms. The maximum absolute atomic E-state index is 11.7. The number of aliphatic hydroxyl groups is 1. The molecule has 0 heterocycles. The second-order valence-electron chi connectivity index (χ2n) is 5.01. The summed E-state index contributed by atoms with van der Waals surface area (Å²) in [6.45, 7) is 3.19. The molecule has 112 valence electrons. The summed E-state index contributed by atoms with van der Waals surface area (Å²) < 4.78 is 32.4. The number of aliphatic hydroxyl groups excluding tert-OH is 1. The highest BCUT2D eigenvalue weighted by atomic mass is 32.2. The molecular weight excluding hydrogens is 272 g/mol. The molecule has 1 aliphatic carbocycles. The first-order valence-corrected chi connectivity index (χ1v) is 7.94. The van der Waals surface area contributed by atoms with Crippen LogP contribution in [0.5, 0.6) is 0 Å². The zero-order chi connectivity index (χ0) is 14.5. The van der Waals surface area contributed by atoms with Crippen molar-refractivity contribution < 1.29 is 23.1 Å². The molecule has 1 rings (SSSR count). The molecular formula is C11H22N2O5S. The molecule has 0 aromatic carbocycles. The lowest BCUT2D eigenvalue weighted by atomic mass is 9.86. The summed E-state index contributed by atoms with van der Waals surface area (Å²) in [7, 11) is -3.95. The summed E-state index contributed by atoms with van der Waals surface area (Å²) >= 11 is 0. The number of ether oxygens (including phenoxy) is 1. The van der Waals surface area contributed by atoms with Gasteiger partial charge in [-0.3, -0.25) is 0 Å². The van der Waals surface area contributed by atoms with Crippen molar-refractivity contribution in [2.45, 2.75) is 51.7 Å². The average Bonchev–Trinajstić information content (AvgIpc) is 2.26. The van der Waals surface area contributed by atoms with Gasteiger partial charge in [-0.25, -0.2) is 9.52 Å². The fourth-order valence-electron chi connectivity index (χ4n) is 2.16. The smallest absolute Gasteiger partial charge is 0.422 e. The quantitative estimate of drug-likeness (QED) is 0.685. The van der Waals surface area contributed by atoms with Gasteiger partial charge in [0.2, 0.25) is 0 Å². The third-order valence-corrected chi connectivity index (χ3v) is 4.06. The maximum atomic E-state index is 11.7. The topological polar surface area (TPSA) is 105 Å². The fraction of sp³-hybridized carbons (Fsp3) is 0.909. The van der Waals surface area contributed by atoms with Crippen molar-refractivity contribution >= 4 is 16.3 Å². The monoisotopic (exact) mass is 294 g/mol. The van der Waals surface area contributed by atoms with E-state index in [4.69, 9.17) is 4.74 Å². The molecule has 19 heavy (non-hydrogen) atoms. The zero-order valence-electron chi connectivity index (χ0n) is 11.3. The van der Waals surface area contributed by atoms with Gasteiger partial charge < -0.3 is 9.84 Å². The van der Waals surface area contributed by atoms with Gasteiger partial charge in [-0.15, -0.1) is 0 Å². The van der Waals surface area contributed by atoms with Crippen molar-refractivity contribution in [1.29, 1.82) is 0 Å². The Hall–Kier alpha value is -0.860. The molecule has 2 unspecified atom stereocenters. The molecule has 1 aliphatic rings. The van der Waals surface area contributed by atoms with Crippen molar-refractivity contribution in [1.82, 2.24) is 9.44 Å². The summed E-state index contributed by atoms with van der Waals surface area (Å²) in [5.74, 6) is -0.105. The van der Waals surface area contributed by atoms with E-state index < -0.39 is 22.4 Å². The van der Waals surface area contributed by atoms with Crippen LogP contribution in [0.4, 0.5) is 4.79 Å². The Labute approximate surface area is 113 Å². The van der Waals surface area contributed by atoms with Gasteiger partial charge in [0.1, 0.15) is 0 Å². The van der Waals surface area contributed by atoms with Crippen molar-refractivity contribution in [2.24, 2.45) is 5.92 Å². The van der Waals surface area contributed by atoms with Gasteiger partial charge in [-0.1, -0.05) is 12.8 Å². The first-order valence-electron chi connectivity index (χ1n) is 6.45. The van der Waals surface area contributed by atoms with Gasteiger partial charge in [0.05, 0.1) is 6.10 Å². The lowest BCUT2D eigenvalue weighted by Crippen LogP contribution is -2.49. The number of amides is 1. The molecule has 0 radical (unpaired) electrons. The number of hydrogen-bond acceptors (Lipinski definition) is 5. The Kier molecular flexibility index (Phi) is 6.02. The minimum Gasteiger partial charge on any atom is -0.446 e. The van der Waals surface area contributed by atoms with Crippen LogP contribution in [0, 0.1) is 5.92 Å². The predicted molar refractivity (Wildman–Crippen MR) is 69.6 cm³/mol. The van der Waals surface area contributed by atoms with Gasteiger partial charge in [0, 0.05) is 12.6 Å². The molecule has 1 fully saturated rings. The van der Waals surface area contributed by atoms with E-state index in [0.717, 1.165) is 19.3 Å². The SMILES string of the molecule is CC(C)OC(=O)NS(=O)(=O)NC1CCCCC1CO. The lowest BCUT2D eigenvalue weighted by Gasteiger charge is -2.30. The van der Waals surface area contributed by atoms with Crippen LogP contribution in [0.1, 0.15) is 39.5 Å². The van der Waals surface area contributed by atoms with E-state index >= 15 is 0 Å². The second kappa shape index (κ2) is 7.06. The molecule has 1 saturated carbocycles. The van der Waals surface area contributed by atoms with Gasteiger partial charge >= 0.3 is 16.3 Å². The summed E-state index contributed by atoms with van der Waals surface area (Å²) in [6.07, 6.45) is 1.92. The summed E-state index contributed by atoms with van der Waals surface area (Å²) in [5, 5.41) is 9.21. The van der Waals surface area contributed by atoms with Crippen LogP contribution in [-0.4, -0.2) is 38.4 Å². The van der Waals surface area contributed by atoms with Gasteiger partial charge in [-0.2, -0.15) is 13.1 Å². The Balaban J connectivity index is 2.55. The van der Waals surface area contributed by atoms with E-state index in [1.165, 1.54) is 0 Å². The summed E-state index contributed by atoms with van der Waals surface area (Å²) in [4.78, 5) is 11.3. The van der Waals surface area contributed by atoms with Crippen LogP contribution >= 0.6 is 0 Å². The van der Waals surface area contributed by atoms with E-state index in [2.05, 4.69) is 4.72 Å². The molecule has 2 atom stereocenters. The molecule has 3 N–H and O–H groups in total. The molecule has 0 aromatic rings. The number of carbonyl (C=O) groups excluding carboxylic acids is 1. The second-order valence-corrected chi connectivity index (χ2v) is 6.46. The molecule has 1 amide bonds. The van der Waals surface area contributed by atoms with E-state index in [1.807, 2.05) is 0 Å². The Morgan fingerprint density at radius 3 is 2.58 bits per heavy atom. The standard InChI is InChI=1S/C11H22N2O5S/c1-8(2)18-11(15)13-19(16,17)12-10-6-4-3-5-9(10)7-14/h8-10,12,14H,3-7H2,1-2H3,(H,13,15). The summed E-state index contributed by atoms with van der Waals surface area (Å²) in [5.41, 5.74) is 0. The maximum Gasteiger partial charge on any atom is 0.422 e. The number of nitrogens with one attached hydrogen (secondary N) is 2. The highest BCUT2D eigenvalue weighted by Gasteiger charge is 2.29. The van der Waals surface area contributed by atoms with Crippen molar-refractivity contribution in [3.05, 3.63) is 0 Å². The number of rotatable bonds is 5. The van der Waals surface area contributed by atoms with Gasteiger partial charge in [0.15, 0.2) is 0 Å². The normalized spacial score (nSPS) is 24.2. The highest BCUT2D eigenvalue weighted by Crippen LogP contribution is 2.24. The van der Waals surface area contributed by atoms with Gasteiger partial charge in [-0.05, 0) is 32.6 Å². The largest absolute Gasteiger partial charge is 0.446 e. The van der Waals surface area contributed by atoms with E-state index in [0.29, 0.717) is 6.42 Å². The Bertz CT molecular complexity index is 396. The van der Waals surface area contributed by atoms with Crippen molar-refractivity contribution in [2.75, 3.05) is 6.61 Å². The minimum atomic E-state index is -3.95. The first-order chi connectivity index (χ1) is 8.84. The third-order valence-electron chi connectivity index (χ3n) is 3.01. The lowest BCUT2D eigenvalue weighted by molar-refractivity contribution is 0.121. The van der Waals surface area contributed by atoms with Crippen LogP contribution in [-0.2, 0) is 14.9 Å². The zero-order valence-corrected chi connectivity index (χ0v) is 12.1. The van der Waals surface area contributed by atoms with E-state index in [-0.39, 0.29) is 18.6 Å². The molecule has 7 nitrogen and oxygen atoms in total. The van der Waals surface area contributed by atoms with Gasteiger partial charge in [0.25, 0.3) is 0 Å². The number of hydrogen-bond donors (Lipinski definition) is 3. The average molecular weight is 294 g/mol. The molecule has 0 aliphatic heterocycles. The highest BCUT2D eigenvalue weighted by molar-refractivity contribution is 7.88.